The second kappa shape index (κ2) is 5.68. The van der Waals surface area contributed by atoms with Gasteiger partial charge < -0.3 is 9.64 Å². The number of alkyl halides is 1. The summed E-state index contributed by atoms with van der Waals surface area (Å²) >= 11 is 15.3. The van der Waals surface area contributed by atoms with Gasteiger partial charge in [0, 0.05) is 24.9 Å². The Bertz CT molecular complexity index is 481. The van der Waals surface area contributed by atoms with E-state index in [4.69, 9.17) is 27.9 Å². The molecule has 1 unspecified atom stereocenters. The highest BCUT2D eigenvalue weighted by Gasteiger charge is 2.31. The highest BCUT2D eigenvalue weighted by molar-refractivity contribution is 9.10. The quantitative estimate of drug-likeness (QED) is 0.776. The molecule has 3 nitrogen and oxygen atoms in total. The van der Waals surface area contributed by atoms with E-state index in [2.05, 4.69) is 15.9 Å². The number of amides is 1. The number of rotatable bonds is 3. The maximum atomic E-state index is 11.9. The Balaban J connectivity index is 2.36. The van der Waals surface area contributed by atoms with Gasteiger partial charge >= 0.3 is 0 Å². The molecule has 0 spiro atoms. The van der Waals surface area contributed by atoms with Crippen LogP contribution in [0.4, 0.5) is 5.69 Å². The highest BCUT2D eigenvalue weighted by atomic mass is 79.9. The summed E-state index contributed by atoms with van der Waals surface area (Å²) in [7, 11) is 1.57. The van der Waals surface area contributed by atoms with Crippen molar-refractivity contribution in [3.05, 3.63) is 21.6 Å². The molecule has 0 bridgehead atoms. The molecule has 6 heteroatoms. The smallest absolute Gasteiger partial charge is 0.227 e. The fourth-order valence-electron chi connectivity index (χ4n) is 2.00. The number of nitrogens with zero attached hydrogens (tertiary/aromatic N) is 1. The average molecular weight is 353 g/mol. The second-order valence-electron chi connectivity index (χ2n) is 4.17. The summed E-state index contributed by atoms with van der Waals surface area (Å²) in [5.41, 5.74) is 0.675. The largest absolute Gasteiger partial charge is 0.495 e. The maximum absolute atomic E-state index is 11.9. The van der Waals surface area contributed by atoms with Crippen molar-refractivity contribution in [1.29, 1.82) is 0 Å². The molecule has 1 heterocycles. The van der Waals surface area contributed by atoms with Gasteiger partial charge in [-0.25, -0.2) is 0 Å². The number of ether oxygens (including phenoxy) is 1. The van der Waals surface area contributed by atoms with Crippen LogP contribution in [0.2, 0.25) is 5.02 Å². The Hall–Kier alpha value is -0.450. The zero-order chi connectivity index (χ0) is 13.3. The molecule has 0 aliphatic carbocycles. The summed E-state index contributed by atoms with van der Waals surface area (Å²) in [6.07, 6.45) is 0.470. The van der Waals surface area contributed by atoms with Crippen molar-refractivity contribution in [2.75, 3.05) is 24.4 Å². The van der Waals surface area contributed by atoms with Crippen molar-refractivity contribution in [3.8, 4) is 5.75 Å². The molecule has 1 aliphatic heterocycles. The standard InChI is InChI=1S/C12H12BrCl2NO2/c1-18-11-4-10(9(15)3-8(11)13)16-6-7(5-14)2-12(16)17/h3-4,7H,2,5-6H2,1H3. The van der Waals surface area contributed by atoms with E-state index in [0.29, 0.717) is 35.3 Å². The summed E-state index contributed by atoms with van der Waals surface area (Å²) in [6.45, 7) is 0.604. The van der Waals surface area contributed by atoms with Gasteiger partial charge in [-0.05, 0) is 27.9 Å². The van der Waals surface area contributed by atoms with Gasteiger partial charge in [-0.2, -0.15) is 0 Å². The first kappa shape index (κ1) is 14.0. The van der Waals surface area contributed by atoms with E-state index in [-0.39, 0.29) is 11.8 Å². The Morgan fingerprint density at radius 2 is 2.28 bits per heavy atom. The van der Waals surface area contributed by atoms with E-state index >= 15 is 0 Å². The molecule has 1 amide bonds. The number of carbonyl (C=O) groups excluding carboxylic acids is 1. The topological polar surface area (TPSA) is 29.5 Å². The summed E-state index contributed by atoms with van der Waals surface area (Å²) < 4.78 is 5.98. The second-order valence-corrected chi connectivity index (χ2v) is 5.74. The predicted octanol–water partition coefficient (Wildman–Crippen LogP) is 3.70. The molecule has 1 aromatic rings. The Kier molecular flexibility index (Phi) is 4.41. The molecule has 18 heavy (non-hydrogen) atoms. The third-order valence-corrected chi connectivity index (χ3v) is 4.29. The summed E-state index contributed by atoms with van der Waals surface area (Å²) in [5, 5.41) is 0.520. The van der Waals surface area contributed by atoms with Crippen LogP contribution in [0, 0.1) is 5.92 Å². The molecule has 1 aliphatic rings. The highest BCUT2D eigenvalue weighted by Crippen LogP contribution is 2.38. The Morgan fingerprint density at radius 3 is 2.83 bits per heavy atom. The first-order valence-corrected chi connectivity index (χ1v) is 7.16. The van der Waals surface area contributed by atoms with Crippen LogP contribution in [-0.2, 0) is 4.79 Å². The molecular formula is C12H12BrCl2NO2. The Morgan fingerprint density at radius 1 is 1.56 bits per heavy atom. The van der Waals surface area contributed by atoms with Crippen LogP contribution < -0.4 is 9.64 Å². The van der Waals surface area contributed by atoms with Crippen LogP contribution >= 0.6 is 39.1 Å². The molecule has 0 aromatic heterocycles. The zero-order valence-corrected chi connectivity index (χ0v) is 12.8. The lowest BCUT2D eigenvalue weighted by atomic mass is 10.1. The molecule has 1 aromatic carbocycles. The van der Waals surface area contributed by atoms with Crippen LogP contribution in [-0.4, -0.2) is 25.4 Å². The van der Waals surface area contributed by atoms with Gasteiger partial charge in [-0.3, -0.25) is 4.79 Å². The fourth-order valence-corrected chi connectivity index (χ4v) is 3.11. The minimum atomic E-state index is 0.0481. The Labute approximate surface area is 124 Å². The molecular weight excluding hydrogens is 341 g/mol. The van der Waals surface area contributed by atoms with Crippen LogP contribution in [0.1, 0.15) is 6.42 Å². The van der Waals surface area contributed by atoms with Gasteiger partial charge in [-0.15, -0.1) is 11.6 Å². The van der Waals surface area contributed by atoms with Crippen molar-refractivity contribution in [2.24, 2.45) is 5.92 Å². The first-order valence-electron chi connectivity index (χ1n) is 5.46. The number of methoxy groups -OCH3 is 1. The molecule has 1 atom stereocenters. The number of anilines is 1. The van der Waals surface area contributed by atoms with Crippen molar-refractivity contribution >= 4 is 50.7 Å². The van der Waals surface area contributed by atoms with E-state index in [0.717, 1.165) is 4.47 Å². The lowest BCUT2D eigenvalue weighted by molar-refractivity contribution is -0.117. The fraction of sp³-hybridized carbons (Fsp3) is 0.417. The van der Waals surface area contributed by atoms with Gasteiger partial charge in [0.05, 0.1) is 22.3 Å². The number of hydrogen-bond acceptors (Lipinski definition) is 2. The lowest BCUT2D eigenvalue weighted by Crippen LogP contribution is -2.25. The number of carbonyl (C=O) groups is 1. The predicted molar refractivity (Wildman–Crippen MR) is 76.9 cm³/mol. The molecule has 2 rings (SSSR count). The number of benzene rings is 1. The van der Waals surface area contributed by atoms with E-state index in [1.165, 1.54) is 0 Å². The van der Waals surface area contributed by atoms with E-state index < -0.39 is 0 Å². The molecule has 0 N–H and O–H groups in total. The summed E-state index contributed by atoms with van der Waals surface area (Å²) in [5.74, 6) is 1.36. The van der Waals surface area contributed by atoms with Crippen molar-refractivity contribution in [1.82, 2.24) is 0 Å². The zero-order valence-electron chi connectivity index (χ0n) is 9.75. The third-order valence-electron chi connectivity index (χ3n) is 2.94. The normalized spacial score (nSPS) is 19.4. The average Bonchev–Trinajstić information content (AvgIpc) is 2.71. The van der Waals surface area contributed by atoms with E-state index in [9.17, 15) is 4.79 Å². The van der Waals surface area contributed by atoms with Crippen LogP contribution in [0.25, 0.3) is 0 Å². The summed E-state index contributed by atoms with van der Waals surface area (Å²) in [6, 6.07) is 3.50. The van der Waals surface area contributed by atoms with Crippen LogP contribution in [0.15, 0.2) is 16.6 Å². The summed E-state index contributed by atoms with van der Waals surface area (Å²) in [4.78, 5) is 13.6. The van der Waals surface area contributed by atoms with Gasteiger partial charge in [0.2, 0.25) is 5.91 Å². The first-order chi connectivity index (χ1) is 8.56. The van der Waals surface area contributed by atoms with Crippen molar-refractivity contribution in [3.63, 3.8) is 0 Å². The van der Waals surface area contributed by atoms with Gasteiger partial charge in [0.1, 0.15) is 5.75 Å². The minimum absolute atomic E-state index is 0.0481. The molecule has 0 saturated carbocycles. The van der Waals surface area contributed by atoms with E-state index in [1.54, 1.807) is 24.1 Å². The van der Waals surface area contributed by atoms with Crippen LogP contribution in [0.5, 0.6) is 5.75 Å². The number of hydrogen-bond donors (Lipinski definition) is 0. The maximum Gasteiger partial charge on any atom is 0.227 e. The third kappa shape index (κ3) is 2.60. The monoisotopic (exact) mass is 351 g/mol. The van der Waals surface area contributed by atoms with E-state index in [1.807, 2.05) is 0 Å². The molecule has 98 valence electrons. The van der Waals surface area contributed by atoms with Crippen molar-refractivity contribution < 1.29 is 9.53 Å². The number of halogens is 3. The lowest BCUT2D eigenvalue weighted by Gasteiger charge is -2.19. The minimum Gasteiger partial charge on any atom is -0.495 e. The molecule has 1 fully saturated rings. The van der Waals surface area contributed by atoms with Crippen LogP contribution in [0.3, 0.4) is 0 Å². The molecule has 1 saturated heterocycles. The SMILES string of the molecule is COc1cc(N2CC(CCl)CC2=O)c(Cl)cc1Br. The van der Waals surface area contributed by atoms with Gasteiger partial charge in [0.15, 0.2) is 0 Å². The van der Waals surface area contributed by atoms with Crippen molar-refractivity contribution in [2.45, 2.75) is 6.42 Å². The molecule has 0 radical (unpaired) electrons. The van der Waals surface area contributed by atoms with Gasteiger partial charge in [-0.1, -0.05) is 11.6 Å². The van der Waals surface area contributed by atoms with Gasteiger partial charge in [0.25, 0.3) is 0 Å².